The Hall–Kier alpha value is -2.94. The minimum Gasteiger partial charge on any atom is -0.491 e. The number of rotatable bonds is 5. The molecule has 0 aromatic heterocycles. The number of fused-ring (bicyclic) bond motifs is 2. The summed E-state index contributed by atoms with van der Waals surface area (Å²) < 4.78 is 11.6. The van der Waals surface area contributed by atoms with Crippen LogP contribution in [-0.2, 0) is 17.7 Å². The molecule has 0 bridgehead atoms. The Morgan fingerprint density at radius 3 is 2.58 bits per heavy atom. The molecular weight excluding hydrogens is 458 g/mol. The molecule has 192 valence electrons. The van der Waals surface area contributed by atoms with Crippen molar-refractivity contribution in [1.82, 2.24) is 14.7 Å². The molecule has 2 amide bonds. The fraction of sp³-hybridized carbons (Fsp3) is 0.500. The Morgan fingerprint density at radius 1 is 1.06 bits per heavy atom. The van der Waals surface area contributed by atoms with Crippen LogP contribution < -0.4 is 4.74 Å². The molecule has 3 unspecified atom stereocenters. The lowest BCUT2D eigenvalue weighted by atomic mass is 10.00. The van der Waals surface area contributed by atoms with Crippen LogP contribution in [-0.4, -0.2) is 95.8 Å². The van der Waals surface area contributed by atoms with Gasteiger partial charge in [0.05, 0.1) is 30.4 Å². The van der Waals surface area contributed by atoms with E-state index in [4.69, 9.17) is 9.47 Å². The summed E-state index contributed by atoms with van der Waals surface area (Å²) in [7, 11) is 0. The quantitative estimate of drug-likeness (QED) is 0.688. The van der Waals surface area contributed by atoms with Crippen molar-refractivity contribution in [2.24, 2.45) is 0 Å². The van der Waals surface area contributed by atoms with Crippen LogP contribution in [0.3, 0.4) is 0 Å². The van der Waals surface area contributed by atoms with Gasteiger partial charge >= 0.3 is 0 Å². The number of ether oxygens (including phenoxy) is 2. The predicted molar refractivity (Wildman–Crippen MR) is 135 cm³/mol. The molecule has 8 heteroatoms. The lowest BCUT2D eigenvalue weighted by molar-refractivity contribution is -0.0586. The molecule has 1 saturated heterocycles. The summed E-state index contributed by atoms with van der Waals surface area (Å²) >= 11 is 0. The minimum absolute atomic E-state index is 0.0176. The number of morpholine rings is 1. The zero-order valence-corrected chi connectivity index (χ0v) is 21.1. The van der Waals surface area contributed by atoms with Gasteiger partial charge in [0.15, 0.2) is 0 Å². The lowest BCUT2D eigenvalue weighted by Gasteiger charge is -2.35. The van der Waals surface area contributed by atoms with Crippen molar-refractivity contribution in [1.29, 1.82) is 0 Å². The molecule has 36 heavy (non-hydrogen) atoms. The fourth-order valence-corrected chi connectivity index (χ4v) is 5.51. The number of carbonyl (C=O) groups excluding carboxylic acids is 2. The second kappa shape index (κ2) is 10.6. The highest BCUT2D eigenvalue weighted by Crippen LogP contribution is 2.26. The van der Waals surface area contributed by atoms with Gasteiger partial charge in [0.2, 0.25) is 0 Å². The highest BCUT2D eigenvalue weighted by atomic mass is 16.5. The molecular formula is C28H35N3O5. The molecule has 1 N–H and O–H groups in total. The maximum Gasteiger partial charge on any atom is 0.257 e. The normalized spacial score (nSPS) is 23.4. The number of benzene rings is 2. The third kappa shape index (κ3) is 5.40. The number of hydrogen-bond donors (Lipinski definition) is 1. The van der Waals surface area contributed by atoms with Crippen LogP contribution in [0.1, 0.15) is 45.7 Å². The molecule has 0 spiro atoms. The first-order valence-electron chi connectivity index (χ1n) is 12.9. The number of hydrogen-bond acceptors (Lipinski definition) is 6. The molecule has 8 nitrogen and oxygen atoms in total. The summed E-state index contributed by atoms with van der Waals surface area (Å²) in [5.74, 6) is 0.151. The van der Waals surface area contributed by atoms with Gasteiger partial charge in [0.1, 0.15) is 12.4 Å². The van der Waals surface area contributed by atoms with Gasteiger partial charge < -0.3 is 24.4 Å². The summed E-state index contributed by atoms with van der Waals surface area (Å²) in [4.78, 5) is 32.1. The number of amides is 2. The van der Waals surface area contributed by atoms with Gasteiger partial charge in [-0.3, -0.25) is 14.5 Å². The van der Waals surface area contributed by atoms with Gasteiger partial charge in [-0.05, 0) is 49.6 Å². The van der Waals surface area contributed by atoms with Crippen LogP contribution in [0, 0.1) is 0 Å². The van der Waals surface area contributed by atoms with Crippen molar-refractivity contribution in [2.75, 3.05) is 45.9 Å². The second-order valence-electron chi connectivity index (χ2n) is 10.2. The van der Waals surface area contributed by atoms with E-state index in [9.17, 15) is 14.7 Å². The number of nitrogens with zero attached hydrogens (tertiary/aromatic N) is 3. The smallest absolute Gasteiger partial charge is 0.257 e. The van der Waals surface area contributed by atoms with E-state index in [0.29, 0.717) is 49.7 Å². The van der Waals surface area contributed by atoms with Crippen LogP contribution in [0.25, 0.3) is 0 Å². The Morgan fingerprint density at radius 2 is 1.81 bits per heavy atom. The molecule has 3 aliphatic heterocycles. The van der Waals surface area contributed by atoms with E-state index in [1.165, 1.54) is 11.1 Å². The standard InChI is InChI=1S/C28H35N3O5/c1-19-14-31(15-20(2)36-19)27(33)22-7-8-25-26(13-22)35-12-11-30(28(25)34)18-24(32)17-29-10-9-21-5-3-4-6-23(21)16-29/h3-8,13,19-20,24,32H,9-12,14-18H2,1-2H3. The van der Waals surface area contributed by atoms with Gasteiger partial charge in [-0.15, -0.1) is 0 Å². The number of β-amino-alcohol motifs (C(OH)–C–C–N with tert-alkyl or cyclic N) is 1. The Balaban J connectivity index is 1.22. The van der Waals surface area contributed by atoms with Crippen LogP contribution >= 0.6 is 0 Å². The van der Waals surface area contributed by atoms with E-state index in [2.05, 4.69) is 23.1 Å². The average molecular weight is 494 g/mol. The molecule has 0 aliphatic carbocycles. The number of aliphatic hydroxyl groups excluding tert-OH is 1. The third-order valence-corrected chi connectivity index (χ3v) is 7.18. The van der Waals surface area contributed by atoms with Crippen LogP contribution in [0.15, 0.2) is 42.5 Å². The molecule has 3 atom stereocenters. The molecule has 5 rings (SSSR count). The Kier molecular flexibility index (Phi) is 7.27. The van der Waals surface area contributed by atoms with Gasteiger partial charge in [-0.2, -0.15) is 0 Å². The number of aliphatic hydroxyl groups is 1. The fourth-order valence-electron chi connectivity index (χ4n) is 5.51. The van der Waals surface area contributed by atoms with Gasteiger partial charge in [-0.1, -0.05) is 24.3 Å². The van der Waals surface area contributed by atoms with Gasteiger partial charge in [0, 0.05) is 44.8 Å². The van der Waals surface area contributed by atoms with E-state index in [0.717, 1.165) is 19.5 Å². The molecule has 2 aromatic carbocycles. The topological polar surface area (TPSA) is 82.6 Å². The summed E-state index contributed by atoms with van der Waals surface area (Å²) in [5.41, 5.74) is 3.60. The maximum absolute atomic E-state index is 13.3. The lowest BCUT2D eigenvalue weighted by Crippen LogP contribution is -2.48. The monoisotopic (exact) mass is 493 g/mol. The van der Waals surface area contributed by atoms with Crippen LogP contribution in [0.2, 0.25) is 0 Å². The maximum atomic E-state index is 13.3. The first-order chi connectivity index (χ1) is 17.4. The highest BCUT2D eigenvalue weighted by molar-refractivity contribution is 6.00. The molecule has 2 aromatic rings. The molecule has 0 saturated carbocycles. The third-order valence-electron chi connectivity index (χ3n) is 7.18. The van der Waals surface area contributed by atoms with E-state index in [-0.39, 0.29) is 30.6 Å². The number of carbonyl (C=O) groups is 2. The molecule has 0 radical (unpaired) electrons. The summed E-state index contributed by atoms with van der Waals surface area (Å²) in [6.07, 6.45) is 0.273. The zero-order chi connectivity index (χ0) is 25.2. The zero-order valence-electron chi connectivity index (χ0n) is 21.1. The molecule has 3 aliphatic rings. The van der Waals surface area contributed by atoms with Crippen LogP contribution in [0.4, 0.5) is 0 Å². The SMILES string of the molecule is CC1CN(C(=O)c2ccc3c(c2)OCCN(CC(O)CN2CCc4ccccc4C2)C3=O)CC(C)O1. The van der Waals surface area contributed by atoms with Crippen molar-refractivity contribution in [3.63, 3.8) is 0 Å². The second-order valence-corrected chi connectivity index (χ2v) is 10.2. The van der Waals surface area contributed by atoms with Crippen molar-refractivity contribution in [2.45, 2.75) is 45.1 Å². The van der Waals surface area contributed by atoms with Gasteiger partial charge in [-0.25, -0.2) is 0 Å². The Labute approximate surface area is 212 Å². The first-order valence-corrected chi connectivity index (χ1v) is 12.9. The summed E-state index contributed by atoms with van der Waals surface area (Å²) in [5, 5.41) is 10.8. The largest absolute Gasteiger partial charge is 0.491 e. The van der Waals surface area contributed by atoms with E-state index in [1.807, 2.05) is 19.9 Å². The predicted octanol–water partition coefficient (Wildman–Crippen LogP) is 2.19. The van der Waals surface area contributed by atoms with Gasteiger partial charge in [0.25, 0.3) is 11.8 Å². The van der Waals surface area contributed by atoms with E-state index in [1.54, 1.807) is 28.0 Å². The Bertz CT molecular complexity index is 1110. The van der Waals surface area contributed by atoms with E-state index >= 15 is 0 Å². The van der Waals surface area contributed by atoms with Crippen molar-refractivity contribution in [3.8, 4) is 5.75 Å². The van der Waals surface area contributed by atoms with Crippen LogP contribution in [0.5, 0.6) is 5.75 Å². The molecule has 1 fully saturated rings. The van der Waals surface area contributed by atoms with E-state index < -0.39 is 6.10 Å². The first kappa shape index (κ1) is 24.7. The highest BCUT2D eigenvalue weighted by Gasteiger charge is 2.30. The van der Waals surface area contributed by atoms with Crippen molar-refractivity contribution in [3.05, 3.63) is 64.7 Å². The summed E-state index contributed by atoms with van der Waals surface area (Å²) in [6.45, 7) is 8.14. The van der Waals surface area contributed by atoms with Crippen molar-refractivity contribution >= 4 is 11.8 Å². The average Bonchev–Trinajstić information content (AvgIpc) is 3.01. The minimum atomic E-state index is -0.660. The van der Waals surface area contributed by atoms with Crippen molar-refractivity contribution < 1.29 is 24.2 Å². The summed E-state index contributed by atoms with van der Waals surface area (Å²) in [6, 6.07) is 13.5. The molecule has 3 heterocycles.